The molecule has 2 N–H and O–H groups in total. The van der Waals surface area contributed by atoms with E-state index in [2.05, 4.69) is 0 Å². The number of phenols is 2. The highest BCUT2D eigenvalue weighted by Crippen LogP contribution is 2.48. The number of phenolic OH excluding ortho intramolecular Hbond substituents is 2. The van der Waals surface area contributed by atoms with Crippen molar-refractivity contribution in [1.82, 2.24) is 0 Å². The van der Waals surface area contributed by atoms with Gasteiger partial charge in [0.1, 0.15) is 23.0 Å². The Balaban J connectivity index is 2.92. The smallest absolute Gasteiger partial charge is 0.153 e. The summed E-state index contributed by atoms with van der Waals surface area (Å²) in [7, 11) is 2.76. The summed E-state index contributed by atoms with van der Waals surface area (Å²) in [5, 5.41) is 20.6. The fraction of sp³-hybridized carbons (Fsp3) is 0.125. The number of rotatable bonds is 5. The summed E-state index contributed by atoms with van der Waals surface area (Å²) in [6.07, 6.45) is 0.955. The van der Waals surface area contributed by atoms with Crippen molar-refractivity contribution in [3.8, 4) is 34.1 Å². The van der Waals surface area contributed by atoms with Crippen molar-refractivity contribution < 1.29 is 29.3 Å². The zero-order valence-electron chi connectivity index (χ0n) is 12.0. The minimum Gasteiger partial charge on any atom is -0.506 e. The SMILES string of the molecule is COc1ccc(C=O)c(O)c1-c1c(OC)ccc(C=O)c1O. The van der Waals surface area contributed by atoms with Crippen molar-refractivity contribution in [3.63, 3.8) is 0 Å². The second-order valence-corrected chi connectivity index (χ2v) is 4.40. The molecule has 0 aliphatic rings. The van der Waals surface area contributed by atoms with Crippen molar-refractivity contribution in [2.75, 3.05) is 14.2 Å². The molecule has 22 heavy (non-hydrogen) atoms. The molecule has 114 valence electrons. The lowest BCUT2D eigenvalue weighted by Crippen LogP contribution is -1.97. The Kier molecular flexibility index (Phi) is 4.31. The number of carbonyl (C=O) groups excluding carboxylic acids is 2. The van der Waals surface area contributed by atoms with E-state index >= 15 is 0 Å². The largest absolute Gasteiger partial charge is 0.506 e. The van der Waals surface area contributed by atoms with Gasteiger partial charge in [-0.25, -0.2) is 0 Å². The van der Waals surface area contributed by atoms with Crippen LogP contribution in [-0.4, -0.2) is 37.0 Å². The van der Waals surface area contributed by atoms with Gasteiger partial charge in [-0.3, -0.25) is 9.59 Å². The summed E-state index contributed by atoms with van der Waals surface area (Å²) in [6, 6.07) is 5.73. The average Bonchev–Trinajstić information content (AvgIpc) is 2.54. The van der Waals surface area contributed by atoms with Crippen LogP contribution in [0, 0.1) is 0 Å². The predicted octanol–water partition coefficient (Wildman–Crippen LogP) is 2.41. The Morgan fingerprint density at radius 1 is 0.773 bits per heavy atom. The molecule has 0 radical (unpaired) electrons. The summed E-state index contributed by atoms with van der Waals surface area (Å²) >= 11 is 0. The van der Waals surface area contributed by atoms with E-state index in [1.807, 2.05) is 0 Å². The second-order valence-electron chi connectivity index (χ2n) is 4.40. The van der Waals surface area contributed by atoms with E-state index < -0.39 is 0 Å². The fourth-order valence-corrected chi connectivity index (χ4v) is 2.19. The highest BCUT2D eigenvalue weighted by molar-refractivity contribution is 5.95. The molecule has 0 aliphatic carbocycles. The zero-order valence-corrected chi connectivity index (χ0v) is 12.0. The van der Waals surface area contributed by atoms with Crippen molar-refractivity contribution in [2.45, 2.75) is 0 Å². The van der Waals surface area contributed by atoms with Gasteiger partial charge in [0.15, 0.2) is 12.6 Å². The van der Waals surface area contributed by atoms with Gasteiger partial charge >= 0.3 is 0 Å². The van der Waals surface area contributed by atoms with E-state index in [1.54, 1.807) is 0 Å². The second kappa shape index (κ2) is 6.17. The normalized spacial score (nSPS) is 10.1. The van der Waals surface area contributed by atoms with Crippen molar-refractivity contribution in [1.29, 1.82) is 0 Å². The highest BCUT2D eigenvalue weighted by Gasteiger charge is 2.23. The molecule has 0 aromatic heterocycles. The monoisotopic (exact) mass is 302 g/mol. The molecule has 2 rings (SSSR count). The first-order chi connectivity index (χ1) is 10.6. The molecule has 0 aliphatic heterocycles. The van der Waals surface area contributed by atoms with Crippen LogP contribution < -0.4 is 9.47 Å². The van der Waals surface area contributed by atoms with Crippen LogP contribution in [0.3, 0.4) is 0 Å². The third-order valence-corrected chi connectivity index (χ3v) is 3.29. The third kappa shape index (κ3) is 2.35. The number of hydrogen-bond acceptors (Lipinski definition) is 6. The number of aldehydes is 2. The Morgan fingerprint density at radius 3 is 1.41 bits per heavy atom. The molecule has 0 amide bonds. The van der Waals surface area contributed by atoms with Crippen LogP contribution in [0.15, 0.2) is 24.3 Å². The number of carbonyl (C=O) groups is 2. The van der Waals surface area contributed by atoms with Gasteiger partial charge in [0.05, 0.1) is 36.5 Å². The molecule has 0 saturated carbocycles. The molecule has 0 saturated heterocycles. The summed E-state index contributed by atoms with van der Waals surface area (Å²) in [6.45, 7) is 0. The lowest BCUT2D eigenvalue weighted by Gasteiger charge is -2.17. The van der Waals surface area contributed by atoms with Crippen LogP contribution in [0.4, 0.5) is 0 Å². The Morgan fingerprint density at radius 2 is 1.14 bits per heavy atom. The molecule has 0 fully saturated rings. The van der Waals surface area contributed by atoms with Crippen LogP contribution in [0.25, 0.3) is 11.1 Å². The first-order valence-corrected chi connectivity index (χ1v) is 6.29. The molecule has 0 heterocycles. The third-order valence-electron chi connectivity index (χ3n) is 3.29. The molecule has 0 bridgehead atoms. The van der Waals surface area contributed by atoms with Gasteiger partial charge in [-0.15, -0.1) is 0 Å². The van der Waals surface area contributed by atoms with Crippen LogP contribution in [0.1, 0.15) is 20.7 Å². The lowest BCUT2D eigenvalue weighted by molar-refractivity contribution is 0.111. The Bertz CT molecular complexity index is 672. The van der Waals surface area contributed by atoms with Crippen LogP contribution in [0.5, 0.6) is 23.0 Å². The predicted molar refractivity (Wildman–Crippen MR) is 79.1 cm³/mol. The summed E-state index contributed by atoms with van der Waals surface area (Å²) < 4.78 is 10.4. The van der Waals surface area contributed by atoms with Crippen molar-refractivity contribution in [3.05, 3.63) is 35.4 Å². The molecular formula is C16H14O6. The number of hydrogen-bond donors (Lipinski definition) is 2. The van der Waals surface area contributed by atoms with Gasteiger partial charge in [-0.2, -0.15) is 0 Å². The molecular weight excluding hydrogens is 288 g/mol. The first kappa shape index (κ1) is 15.4. The number of ether oxygens (including phenoxy) is 2. The molecule has 6 heteroatoms. The van der Waals surface area contributed by atoms with E-state index in [4.69, 9.17) is 9.47 Å². The van der Waals surface area contributed by atoms with Crippen LogP contribution >= 0.6 is 0 Å². The molecule has 2 aromatic carbocycles. The quantitative estimate of drug-likeness (QED) is 0.824. The van der Waals surface area contributed by atoms with Gasteiger partial charge in [0.2, 0.25) is 0 Å². The van der Waals surface area contributed by atoms with Crippen molar-refractivity contribution in [2.24, 2.45) is 0 Å². The molecule has 2 aromatic rings. The van der Waals surface area contributed by atoms with E-state index in [-0.39, 0.29) is 45.3 Å². The van der Waals surface area contributed by atoms with E-state index in [0.29, 0.717) is 12.6 Å². The molecule has 0 spiro atoms. The molecule has 0 atom stereocenters. The fourth-order valence-electron chi connectivity index (χ4n) is 2.19. The van der Waals surface area contributed by atoms with Gasteiger partial charge in [-0.05, 0) is 24.3 Å². The van der Waals surface area contributed by atoms with E-state index in [1.165, 1.54) is 38.5 Å². The van der Waals surface area contributed by atoms with E-state index in [0.717, 1.165) is 0 Å². The van der Waals surface area contributed by atoms with Crippen molar-refractivity contribution >= 4 is 12.6 Å². The zero-order chi connectivity index (χ0) is 16.3. The summed E-state index contributed by atoms with van der Waals surface area (Å²) in [5.74, 6) is -0.295. The first-order valence-electron chi connectivity index (χ1n) is 6.29. The summed E-state index contributed by atoms with van der Waals surface area (Å²) in [4.78, 5) is 22.0. The van der Waals surface area contributed by atoms with Gasteiger partial charge < -0.3 is 19.7 Å². The van der Waals surface area contributed by atoms with Gasteiger partial charge in [0, 0.05) is 0 Å². The minimum absolute atomic E-state index is 0.0220. The summed E-state index contributed by atoms with van der Waals surface area (Å²) in [5.41, 5.74) is 0.192. The van der Waals surface area contributed by atoms with Gasteiger partial charge in [-0.1, -0.05) is 0 Å². The number of methoxy groups -OCH3 is 2. The minimum atomic E-state index is -0.369. The maximum absolute atomic E-state index is 11.0. The average molecular weight is 302 g/mol. The topological polar surface area (TPSA) is 93.1 Å². The standard InChI is InChI=1S/C16H14O6/c1-21-11-5-3-9(7-17)15(19)13(11)14-12(22-2)6-4-10(8-18)16(14)20/h3-8,19-20H,1-2H3. The maximum atomic E-state index is 11.0. The van der Waals surface area contributed by atoms with Crippen LogP contribution in [0.2, 0.25) is 0 Å². The van der Waals surface area contributed by atoms with E-state index in [9.17, 15) is 19.8 Å². The number of aromatic hydroxyl groups is 2. The Hall–Kier alpha value is -3.02. The lowest BCUT2D eigenvalue weighted by atomic mass is 9.96. The Labute approximate surface area is 126 Å². The van der Waals surface area contributed by atoms with Crippen LogP contribution in [-0.2, 0) is 0 Å². The maximum Gasteiger partial charge on any atom is 0.153 e. The number of benzene rings is 2. The molecule has 0 unspecified atom stereocenters. The molecule has 6 nitrogen and oxygen atoms in total. The van der Waals surface area contributed by atoms with Gasteiger partial charge in [0.25, 0.3) is 0 Å². The highest BCUT2D eigenvalue weighted by atomic mass is 16.5.